The minimum absolute atomic E-state index is 0. The molecule has 2 atom stereocenters. The van der Waals surface area contributed by atoms with E-state index in [1.54, 1.807) is 17.4 Å². The van der Waals surface area contributed by atoms with Crippen LogP contribution in [0.2, 0.25) is 0 Å². The molecule has 9 nitrogen and oxygen atoms in total. The van der Waals surface area contributed by atoms with E-state index < -0.39 is 11.3 Å². The van der Waals surface area contributed by atoms with Gasteiger partial charge < -0.3 is 24.7 Å². The molecule has 0 bridgehead atoms. The highest BCUT2D eigenvalue weighted by Crippen LogP contribution is 2.33. The Morgan fingerprint density at radius 1 is 1.33 bits per heavy atom. The summed E-state index contributed by atoms with van der Waals surface area (Å²) in [6.45, 7) is 16.0. The zero-order chi connectivity index (χ0) is 21.7. The number of rotatable bonds is 6. The molecule has 1 fully saturated rings. The summed E-state index contributed by atoms with van der Waals surface area (Å²) in [5.74, 6) is 0.702. The van der Waals surface area contributed by atoms with Crippen molar-refractivity contribution in [3.63, 3.8) is 0 Å². The molecule has 2 unspecified atom stereocenters. The van der Waals surface area contributed by atoms with Crippen molar-refractivity contribution in [1.29, 1.82) is 0 Å². The molecule has 0 spiro atoms. The van der Waals surface area contributed by atoms with Crippen molar-refractivity contribution in [2.24, 2.45) is 4.99 Å². The standard InChI is InChI=1S/C20H36N6O3.HI/c1-8-22-17(23-10-12-25-11-9-21-14-25)24-13-16-15(2)28-20(6,7)26(16)18(27)29-19(3,4)5;/h9,11,14-16H,8,10,12-13H2,1-7H3,(H2,22,23,24);1H. The van der Waals surface area contributed by atoms with Crippen LogP contribution >= 0.6 is 24.0 Å². The third-order valence-corrected chi connectivity index (χ3v) is 4.52. The van der Waals surface area contributed by atoms with Gasteiger partial charge in [-0.2, -0.15) is 0 Å². The Bertz CT molecular complexity index is 687. The lowest BCUT2D eigenvalue weighted by atomic mass is 10.1. The molecule has 1 amide bonds. The zero-order valence-corrected chi connectivity index (χ0v) is 21.5. The van der Waals surface area contributed by atoms with Crippen molar-refractivity contribution >= 4 is 36.0 Å². The first-order chi connectivity index (χ1) is 13.5. The Morgan fingerprint density at radius 3 is 2.60 bits per heavy atom. The third-order valence-electron chi connectivity index (χ3n) is 4.52. The predicted octanol–water partition coefficient (Wildman–Crippen LogP) is 2.82. The summed E-state index contributed by atoms with van der Waals surface area (Å²) in [5.41, 5.74) is -1.33. The maximum atomic E-state index is 12.8. The molecule has 1 aliphatic heterocycles. The molecule has 2 N–H and O–H groups in total. The molecule has 1 saturated heterocycles. The van der Waals surface area contributed by atoms with E-state index in [0.717, 1.165) is 13.1 Å². The number of ether oxygens (including phenoxy) is 2. The van der Waals surface area contributed by atoms with Gasteiger partial charge in [-0.1, -0.05) is 0 Å². The van der Waals surface area contributed by atoms with Gasteiger partial charge in [0.25, 0.3) is 0 Å². The van der Waals surface area contributed by atoms with E-state index in [1.165, 1.54) is 0 Å². The van der Waals surface area contributed by atoms with Gasteiger partial charge >= 0.3 is 6.09 Å². The Hall–Kier alpha value is -1.56. The van der Waals surface area contributed by atoms with Crippen molar-refractivity contribution in [3.8, 4) is 0 Å². The van der Waals surface area contributed by atoms with Gasteiger partial charge in [0.15, 0.2) is 5.96 Å². The lowest BCUT2D eigenvalue weighted by Gasteiger charge is -2.34. The Labute approximate surface area is 197 Å². The Balaban J connectivity index is 0.00000450. The zero-order valence-electron chi connectivity index (χ0n) is 19.1. The SMILES string of the molecule is CCNC(=NCC1C(C)OC(C)(C)N1C(=O)OC(C)(C)C)NCCn1ccnc1.I. The molecule has 2 heterocycles. The normalized spacial score (nSPS) is 21.2. The fraction of sp³-hybridized carbons (Fsp3) is 0.750. The van der Waals surface area contributed by atoms with Crippen molar-refractivity contribution in [2.45, 2.75) is 78.5 Å². The van der Waals surface area contributed by atoms with E-state index in [-0.39, 0.29) is 42.2 Å². The van der Waals surface area contributed by atoms with Crippen LogP contribution < -0.4 is 10.6 Å². The molecule has 1 aliphatic rings. The van der Waals surface area contributed by atoms with Crippen LogP contribution in [0.3, 0.4) is 0 Å². The predicted molar refractivity (Wildman–Crippen MR) is 128 cm³/mol. The van der Waals surface area contributed by atoms with Gasteiger partial charge in [-0.15, -0.1) is 24.0 Å². The van der Waals surface area contributed by atoms with Crippen LogP contribution in [0.5, 0.6) is 0 Å². The van der Waals surface area contributed by atoms with Crippen LogP contribution in [-0.2, 0) is 16.0 Å². The fourth-order valence-corrected chi connectivity index (χ4v) is 3.34. The molecule has 1 aromatic heterocycles. The van der Waals surface area contributed by atoms with Gasteiger partial charge in [-0.05, 0) is 48.5 Å². The number of hydrogen-bond donors (Lipinski definition) is 2. The average Bonchev–Trinajstić information content (AvgIpc) is 3.16. The van der Waals surface area contributed by atoms with Gasteiger partial charge in [0, 0.05) is 32.0 Å². The number of guanidine groups is 1. The fourth-order valence-electron chi connectivity index (χ4n) is 3.34. The van der Waals surface area contributed by atoms with Gasteiger partial charge in [0.2, 0.25) is 0 Å². The number of imidazole rings is 1. The van der Waals surface area contributed by atoms with Crippen molar-refractivity contribution in [3.05, 3.63) is 18.7 Å². The topological polar surface area (TPSA) is 93.0 Å². The van der Waals surface area contributed by atoms with Crippen LogP contribution in [0.25, 0.3) is 0 Å². The minimum Gasteiger partial charge on any atom is -0.444 e. The second-order valence-corrected chi connectivity index (χ2v) is 8.63. The molecular weight excluding hydrogens is 499 g/mol. The van der Waals surface area contributed by atoms with Crippen LogP contribution in [0.15, 0.2) is 23.7 Å². The number of nitrogens with zero attached hydrogens (tertiary/aromatic N) is 4. The second kappa shape index (κ2) is 11.2. The first-order valence-corrected chi connectivity index (χ1v) is 10.2. The number of amides is 1. The summed E-state index contributed by atoms with van der Waals surface area (Å²) in [5, 5.41) is 6.56. The molecule has 0 radical (unpaired) electrons. The number of halogens is 1. The number of carbonyl (C=O) groups excluding carboxylic acids is 1. The van der Waals surface area contributed by atoms with E-state index in [4.69, 9.17) is 14.5 Å². The number of hydrogen-bond acceptors (Lipinski definition) is 5. The first kappa shape index (κ1) is 26.5. The maximum absolute atomic E-state index is 12.8. The largest absolute Gasteiger partial charge is 0.444 e. The first-order valence-electron chi connectivity index (χ1n) is 10.2. The van der Waals surface area contributed by atoms with E-state index in [2.05, 4.69) is 15.6 Å². The average molecular weight is 536 g/mol. The highest BCUT2D eigenvalue weighted by Gasteiger charge is 2.49. The van der Waals surface area contributed by atoms with Gasteiger partial charge in [0.1, 0.15) is 11.3 Å². The highest BCUT2D eigenvalue weighted by atomic mass is 127. The molecule has 30 heavy (non-hydrogen) atoms. The summed E-state index contributed by atoms with van der Waals surface area (Å²) < 4.78 is 13.6. The Morgan fingerprint density at radius 2 is 2.03 bits per heavy atom. The van der Waals surface area contributed by atoms with Crippen LogP contribution in [0.1, 0.15) is 48.5 Å². The lowest BCUT2D eigenvalue weighted by molar-refractivity contribution is -0.0755. The molecule has 10 heteroatoms. The molecular formula is C20H37IN6O3. The Kier molecular flexibility index (Phi) is 9.86. The monoisotopic (exact) mass is 536 g/mol. The van der Waals surface area contributed by atoms with E-state index in [1.807, 2.05) is 59.2 Å². The van der Waals surface area contributed by atoms with Crippen molar-refractivity contribution in [2.75, 3.05) is 19.6 Å². The van der Waals surface area contributed by atoms with Crippen molar-refractivity contribution < 1.29 is 14.3 Å². The molecule has 0 saturated carbocycles. The highest BCUT2D eigenvalue weighted by molar-refractivity contribution is 14.0. The van der Waals surface area contributed by atoms with Gasteiger partial charge in [0.05, 0.1) is 25.0 Å². The molecule has 0 aliphatic carbocycles. The third kappa shape index (κ3) is 7.60. The summed E-state index contributed by atoms with van der Waals surface area (Å²) >= 11 is 0. The molecule has 172 valence electrons. The number of aliphatic imine (C=N–C) groups is 1. The quantitative estimate of drug-likeness (QED) is 0.330. The summed E-state index contributed by atoms with van der Waals surface area (Å²) in [7, 11) is 0. The van der Waals surface area contributed by atoms with Crippen molar-refractivity contribution in [1.82, 2.24) is 25.1 Å². The second-order valence-electron chi connectivity index (χ2n) is 8.63. The lowest BCUT2D eigenvalue weighted by Crippen LogP contribution is -2.51. The molecule has 0 aromatic carbocycles. The number of carbonyl (C=O) groups is 1. The minimum atomic E-state index is -0.755. The van der Waals surface area contributed by atoms with Crippen LogP contribution in [0, 0.1) is 0 Å². The molecule has 1 aromatic rings. The van der Waals surface area contributed by atoms with Gasteiger partial charge in [-0.3, -0.25) is 9.89 Å². The summed E-state index contributed by atoms with van der Waals surface area (Å²) in [6.07, 6.45) is 4.92. The van der Waals surface area contributed by atoms with E-state index in [0.29, 0.717) is 19.0 Å². The summed E-state index contributed by atoms with van der Waals surface area (Å²) in [4.78, 5) is 23.3. The molecule has 2 rings (SSSR count). The van der Waals surface area contributed by atoms with Crippen LogP contribution in [-0.4, -0.2) is 69.6 Å². The van der Waals surface area contributed by atoms with Crippen LogP contribution in [0.4, 0.5) is 4.79 Å². The summed E-state index contributed by atoms with van der Waals surface area (Å²) in [6, 6.07) is -0.219. The number of nitrogens with one attached hydrogen (secondary N) is 2. The smallest absolute Gasteiger partial charge is 0.412 e. The maximum Gasteiger partial charge on any atom is 0.412 e. The number of aromatic nitrogens is 2. The van der Waals surface area contributed by atoms with E-state index >= 15 is 0 Å². The van der Waals surface area contributed by atoms with E-state index in [9.17, 15) is 4.79 Å². The van der Waals surface area contributed by atoms with Gasteiger partial charge in [-0.25, -0.2) is 9.78 Å².